The van der Waals surface area contributed by atoms with E-state index in [1.807, 2.05) is 0 Å². The van der Waals surface area contributed by atoms with Crippen molar-refractivity contribution in [3.05, 3.63) is 47.7 Å². The van der Waals surface area contributed by atoms with E-state index in [0.29, 0.717) is 0 Å². The van der Waals surface area contributed by atoms with Crippen molar-refractivity contribution in [2.75, 3.05) is 0 Å². The predicted octanol–water partition coefficient (Wildman–Crippen LogP) is 3.91. The van der Waals surface area contributed by atoms with Crippen LogP contribution in [0.2, 0.25) is 17.3 Å². The molecule has 0 aliphatic carbocycles. The van der Waals surface area contributed by atoms with Crippen LogP contribution in [0.1, 0.15) is 11.1 Å². The van der Waals surface area contributed by atoms with Crippen LogP contribution in [0, 0.1) is 13.8 Å². The molecule has 0 amide bonds. The summed E-state index contributed by atoms with van der Waals surface area (Å²) in [5.41, 5.74) is 5.03. The van der Waals surface area contributed by atoms with Crippen LogP contribution in [-0.2, 0) is 0 Å². The Balaban J connectivity index is 2.51. The van der Waals surface area contributed by atoms with Crippen LogP contribution in [0.25, 0.3) is 11.3 Å². The van der Waals surface area contributed by atoms with Crippen LogP contribution in [0.5, 0.6) is 0 Å². The van der Waals surface area contributed by atoms with Crippen LogP contribution < -0.4 is 4.40 Å². The fourth-order valence-electron chi connectivity index (χ4n) is 2.35. The minimum absolute atomic E-state index is 1.10. The van der Waals surface area contributed by atoms with E-state index in [2.05, 4.69) is 72.6 Å². The number of hydrogen-bond donors (Lipinski definition) is 0. The average Bonchev–Trinajstić information content (AvgIpc) is 2.27. The molecule has 1 aromatic carbocycles. The van der Waals surface area contributed by atoms with E-state index in [1.54, 1.807) is 0 Å². The molecule has 0 fully saturated rings. The summed E-state index contributed by atoms with van der Waals surface area (Å²) >= 11 is -1.78. The van der Waals surface area contributed by atoms with Gasteiger partial charge in [0, 0.05) is 0 Å². The Hall–Kier alpha value is -1.09. The van der Waals surface area contributed by atoms with Crippen molar-refractivity contribution in [3.63, 3.8) is 0 Å². The Kier molecular flexibility index (Phi) is 3.62. The molecule has 94 valence electrons. The molecule has 0 aliphatic rings. The number of aryl methyl sites for hydroxylation is 2. The molecule has 1 aromatic heterocycles. The molecule has 18 heavy (non-hydrogen) atoms. The molecule has 0 aliphatic heterocycles. The molecule has 0 radical (unpaired) electrons. The maximum atomic E-state index is 4.68. The molecule has 1 heterocycles. The van der Waals surface area contributed by atoms with Gasteiger partial charge in [-0.15, -0.1) is 0 Å². The topological polar surface area (TPSA) is 12.9 Å². The molecule has 1 nitrogen and oxygen atoms in total. The molecule has 0 atom stereocenters. The van der Waals surface area contributed by atoms with Crippen molar-refractivity contribution >= 4 is 17.7 Å². The molecule has 0 spiro atoms. The Morgan fingerprint density at radius 2 is 1.61 bits per heavy atom. The number of aromatic nitrogens is 1. The zero-order valence-electron chi connectivity index (χ0n) is 11.9. The number of rotatable bonds is 2. The van der Waals surface area contributed by atoms with Gasteiger partial charge in [0.15, 0.2) is 0 Å². The van der Waals surface area contributed by atoms with Gasteiger partial charge in [0.1, 0.15) is 0 Å². The standard InChI is InChI=1S/C16H21GeN/c1-12-8-6-7-9-14(12)16-10-13(2)15(11-18-16)17(3,4)5/h6-11H,1-5H3. The van der Waals surface area contributed by atoms with Gasteiger partial charge in [-0.1, -0.05) is 0 Å². The second-order valence-corrected chi connectivity index (χ2v) is 16.5. The summed E-state index contributed by atoms with van der Waals surface area (Å²) in [6.45, 7) is 4.36. The summed E-state index contributed by atoms with van der Waals surface area (Å²) in [7, 11) is 0. The molecular weight excluding hydrogens is 279 g/mol. The van der Waals surface area contributed by atoms with Crippen molar-refractivity contribution in [1.29, 1.82) is 0 Å². The summed E-state index contributed by atoms with van der Waals surface area (Å²) in [5, 5.41) is 0. The number of pyridine rings is 1. The fourth-order valence-corrected chi connectivity index (χ4v) is 5.93. The molecule has 2 rings (SSSR count). The van der Waals surface area contributed by atoms with Crippen LogP contribution in [0.3, 0.4) is 0 Å². The Labute approximate surface area is 113 Å². The van der Waals surface area contributed by atoms with E-state index in [4.69, 9.17) is 0 Å². The van der Waals surface area contributed by atoms with Gasteiger partial charge in [0.05, 0.1) is 0 Å². The summed E-state index contributed by atoms with van der Waals surface area (Å²) < 4.78 is 1.51. The summed E-state index contributed by atoms with van der Waals surface area (Å²) in [4.78, 5) is 4.68. The Morgan fingerprint density at radius 1 is 0.944 bits per heavy atom. The van der Waals surface area contributed by atoms with Gasteiger partial charge in [-0.05, 0) is 0 Å². The summed E-state index contributed by atoms with van der Waals surface area (Å²) in [5.74, 6) is 7.24. The van der Waals surface area contributed by atoms with Crippen LogP contribution >= 0.6 is 0 Å². The maximum absolute atomic E-state index is 4.68. The second-order valence-electron chi connectivity index (χ2n) is 5.95. The third-order valence-electron chi connectivity index (χ3n) is 3.34. The number of nitrogens with zero attached hydrogens (tertiary/aromatic N) is 1. The van der Waals surface area contributed by atoms with Gasteiger partial charge < -0.3 is 0 Å². The number of hydrogen-bond acceptors (Lipinski definition) is 1. The van der Waals surface area contributed by atoms with E-state index in [9.17, 15) is 0 Å². The van der Waals surface area contributed by atoms with Gasteiger partial charge in [0.25, 0.3) is 0 Å². The third-order valence-corrected chi connectivity index (χ3v) is 7.83. The summed E-state index contributed by atoms with van der Waals surface area (Å²) in [6.07, 6.45) is 2.11. The first kappa shape index (κ1) is 13.3. The average molecular weight is 300 g/mol. The summed E-state index contributed by atoms with van der Waals surface area (Å²) in [6, 6.07) is 10.7. The van der Waals surface area contributed by atoms with Crippen LogP contribution in [-0.4, -0.2) is 18.3 Å². The molecular formula is C16H21GeN. The zero-order chi connectivity index (χ0) is 13.3. The van der Waals surface area contributed by atoms with E-state index in [1.165, 1.54) is 21.1 Å². The molecule has 2 heteroatoms. The zero-order valence-corrected chi connectivity index (χ0v) is 14.0. The molecule has 0 saturated heterocycles. The van der Waals surface area contributed by atoms with E-state index >= 15 is 0 Å². The van der Waals surface area contributed by atoms with Crippen LogP contribution in [0.15, 0.2) is 36.5 Å². The second kappa shape index (κ2) is 4.89. The normalized spacial score (nSPS) is 11.6. The van der Waals surface area contributed by atoms with Gasteiger partial charge in [-0.25, -0.2) is 0 Å². The van der Waals surface area contributed by atoms with Gasteiger partial charge in [-0.2, -0.15) is 0 Å². The SMILES string of the molecule is Cc1ccccc1-c1cc(C)[c]([Ge]([CH3])([CH3])[CH3])cn1. The first-order valence-corrected chi connectivity index (χ1v) is 13.8. The Bertz CT molecular complexity index is 568. The number of benzene rings is 1. The molecule has 0 unspecified atom stereocenters. The van der Waals surface area contributed by atoms with Crippen molar-refractivity contribution < 1.29 is 0 Å². The van der Waals surface area contributed by atoms with Crippen molar-refractivity contribution in [3.8, 4) is 11.3 Å². The molecule has 0 saturated carbocycles. The van der Waals surface area contributed by atoms with Crippen LogP contribution in [0.4, 0.5) is 0 Å². The van der Waals surface area contributed by atoms with Crippen molar-refractivity contribution in [1.82, 2.24) is 4.98 Å². The Morgan fingerprint density at radius 3 is 2.17 bits per heavy atom. The van der Waals surface area contributed by atoms with E-state index in [-0.39, 0.29) is 0 Å². The van der Waals surface area contributed by atoms with Gasteiger partial charge >= 0.3 is 113 Å². The predicted molar refractivity (Wildman–Crippen MR) is 82.1 cm³/mol. The third kappa shape index (κ3) is 2.66. The van der Waals surface area contributed by atoms with Gasteiger partial charge in [-0.3, -0.25) is 0 Å². The van der Waals surface area contributed by atoms with Crippen molar-refractivity contribution in [2.45, 2.75) is 31.1 Å². The minimum atomic E-state index is -1.78. The van der Waals surface area contributed by atoms with E-state index in [0.717, 1.165) is 5.69 Å². The first-order chi connectivity index (χ1) is 8.39. The molecule has 0 N–H and O–H groups in total. The van der Waals surface area contributed by atoms with E-state index < -0.39 is 13.3 Å². The monoisotopic (exact) mass is 301 g/mol. The fraction of sp³-hybridized carbons (Fsp3) is 0.312. The van der Waals surface area contributed by atoms with Gasteiger partial charge in [0.2, 0.25) is 0 Å². The first-order valence-electron chi connectivity index (χ1n) is 6.43. The van der Waals surface area contributed by atoms with Crippen molar-refractivity contribution in [2.24, 2.45) is 0 Å². The molecule has 2 aromatic rings. The quantitative estimate of drug-likeness (QED) is 0.766. The molecule has 0 bridgehead atoms.